The zero-order valence-electron chi connectivity index (χ0n) is 10.6. The molecule has 17 heavy (non-hydrogen) atoms. The smallest absolute Gasteiger partial charge is 0.234 e. The molecule has 0 fully saturated rings. The van der Waals surface area contributed by atoms with Gasteiger partial charge in [-0.05, 0) is 19.4 Å². The monoisotopic (exact) mass is 236 g/mol. The molecule has 1 aromatic rings. The van der Waals surface area contributed by atoms with Gasteiger partial charge in [0.25, 0.3) is 0 Å². The number of nitrogens with one attached hydrogen (secondary N) is 1. The average molecular weight is 236 g/mol. The Labute approximate surface area is 102 Å². The zero-order valence-corrected chi connectivity index (χ0v) is 10.6. The van der Waals surface area contributed by atoms with Gasteiger partial charge in [-0.25, -0.2) is 0 Å². The molecule has 0 saturated heterocycles. The van der Waals surface area contributed by atoms with Crippen LogP contribution in [0.1, 0.15) is 31.9 Å². The van der Waals surface area contributed by atoms with Gasteiger partial charge in [0.2, 0.25) is 5.91 Å². The fourth-order valence-electron chi connectivity index (χ4n) is 1.77. The Kier molecular flexibility index (Phi) is 4.97. The molecule has 2 unspecified atom stereocenters. The fraction of sp³-hybridized carbons (Fsp3) is 0.462. The summed E-state index contributed by atoms with van der Waals surface area (Å²) in [4.78, 5) is 11.1. The van der Waals surface area contributed by atoms with Crippen molar-refractivity contribution in [2.24, 2.45) is 5.73 Å². The summed E-state index contributed by atoms with van der Waals surface area (Å²) in [5, 5.41) is 3.20. The van der Waals surface area contributed by atoms with Crippen LogP contribution in [0.25, 0.3) is 0 Å². The van der Waals surface area contributed by atoms with E-state index in [4.69, 9.17) is 10.5 Å². The Morgan fingerprint density at radius 1 is 1.47 bits per heavy atom. The van der Waals surface area contributed by atoms with Gasteiger partial charge in [0.15, 0.2) is 0 Å². The standard InChI is InChI=1S/C13H20N2O2/c1-4-11(15-9(2)13(14)16)10-7-5-6-8-12(10)17-3/h5-9,11,15H,4H2,1-3H3,(H2,14,16). The molecule has 1 aromatic carbocycles. The van der Waals surface area contributed by atoms with Crippen LogP contribution in [0.2, 0.25) is 0 Å². The number of primary amides is 1. The van der Waals surface area contributed by atoms with E-state index in [1.807, 2.05) is 24.3 Å². The third kappa shape index (κ3) is 3.46. The lowest BCUT2D eigenvalue weighted by Gasteiger charge is -2.22. The maximum atomic E-state index is 11.1. The van der Waals surface area contributed by atoms with Gasteiger partial charge in [-0.1, -0.05) is 25.1 Å². The highest BCUT2D eigenvalue weighted by atomic mass is 16.5. The Balaban J connectivity index is 2.89. The number of nitrogens with two attached hydrogens (primary N) is 1. The van der Waals surface area contributed by atoms with Gasteiger partial charge in [0, 0.05) is 11.6 Å². The second-order valence-corrected chi connectivity index (χ2v) is 3.99. The second kappa shape index (κ2) is 6.25. The van der Waals surface area contributed by atoms with E-state index in [0.29, 0.717) is 0 Å². The number of rotatable bonds is 6. The van der Waals surface area contributed by atoms with Crippen molar-refractivity contribution in [1.82, 2.24) is 5.32 Å². The predicted molar refractivity (Wildman–Crippen MR) is 67.8 cm³/mol. The van der Waals surface area contributed by atoms with Crippen molar-refractivity contribution in [2.75, 3.05) is 7.11 Å². The lowest BCUT2D eigenvalue weighted by molar-refractivity contribution is -0.119. The second-order valence-electron chi connectivity index (χ2n) is 3.99. The highest BCUT2D eigenvalue weighted by Crippen LogP contribution is 2.26. The molecule has 4 heteroatoms. The summed E-state index contributed by atoms with van der Waals surface area (Å²) in [5.41, 5.74) is 6.30. The number of amides is 1. The van der Waals surface area contributed by atoms with Crippen LogP contribution < -0.4 is 15.8 Å². The summed E-state index contributed by atoms with van der Waals surface area (Å²) in [6, 6.07) is 7.49. The number of methoxy groups -OCH3 is 1. The van der Waals surface area contributed by atoms with Crippen LogP contribution in [0.4, 0.5) is 0 Å². The van der Waals surface area contributed by atoms with Gasteiger partial charge in [0.05, 0.1) is 13.2 Å². The molecule has 1 amide bonds. The molecule has 4 nitrogen and oxygen atoms in total. The summed E-state index contributed by atoms with van der Waals surface area (Å²) < 4.78 is 5.31. The minimum atomic E-state index is -0.357. The first kappa shape index (κ1) is 13.5. The van der Waals surface area contributed by atoms with E-state index >= 15 is 0 Å². The summed E-state index contributed by atoms with van der Waals surface area (Å²) in [7, 11) is 1.64. The molecule has 0 aromatic heterocycles. The van der Waals surface area contributed by atoms with Crippen molar-refractivity contribution in [1.29, 1.82) is 0 Å². The molecule has 0 heterocycles. The van der Waals surface area contributed by atoms with Crippen molar-refractivity contribution in [3.63, 3.8) is 0 Å². The molecule has 2 atom stereocenters. The molecule has 0 radical (unpaired) electrons. The maximum absolute atomic E-state index is 11.1. The Hall–Kier alpha value is -1.55. The van der Waals surface area contributed by atoms with Crippen LogP contribution in [0.3, 0.4) is 0 Å². The van der Waals surface area contributed by atoms with Gasteiger partial charge in [0.1, 0.15) is 5.75 Å². The van der Waals surface area contributed by atoms with Gasteiger partial charge in [-0.15, -0.1) is 0 Å². The highest BCUT2D eigenvalue weighted by molar-refractivity contribution is 5.79. The molecule has 0 aliphatic rings. The first-order chi connectivity index (χ1) is 8.10. The third-order valence-electron chi connectivity index (χ3n) is 2.80. The molecule has 0 bridgehead atoms. The van der Waals surface area contributed by atoms with Crippen LogP contribution in [-0.4, -0.2) is 19.1 Å². The van der Waals surface area contributed by atoms with E-state index in [2.05, 4.69) is 12.2 Å². The lowest BCUT2D eigenvalue weighted by atomic mass is 10.0. The summed E-state index contributed by atoms with van der Waals surface area (Å²) in [5.74, 6) is 0.474. The van der Waals surface area contributed by atoms with Crippen molar-refractivity contribution >= 4 is 5.91 Å². The number of carbonyl (C=O) groups is 1. The zero-order chi connectivity index (χ0) is 12.8. The summed E-state index contributed by atoms with van der Waals surface area (Å²) in [6.07, 6.45) is 0.859. The van der Waals surface area contributed by atoms with E-state index in [1.54, 1.807) is 14.0 Å². The maximum Gasteiger partial charge on any atom is 0.234 e. The first-order valence-corrected chi connectivity index (χ1v) is 5.78. The van der Waals surface area contributed by atoms with Crippen LogP contribution in [0, 0.1) is 0 Å². The minimum absolute atomic E-state index is 0.0636. The van der Waals surface area contributed by atoms with Crippen LogP contribution in [0.15, 0.2) is 24.3 Å². The molecule has 0 spiro atoms. The van der Waals surface area contributed by atoms with E-state index in [0.717, 1.165) is 17.7 Å². The molecule has 0 aliphatic heterocycles. The molecule has 1 rings (SSSR count). The molecule has 0 saturated carbocycles. The average Bonchev–Trinajstić information content (AvgIpc) is 2.35. The summed E-state index contributed by atoms with van der Waals surface area (Å²) in [6.45, 7) is 3.82. The largest absolute Gasteiger partial charge is 0.496 e. The predicted octanol–water partition coefficient (Wildman–Crippen LogP) is 1.61. The molecule has 3 N–H and O–H groups in total. The number of para-hydroxylation sites is 1. The normalized spacial score (nSPS) is 14.1. The van der Waals surface area contributed by atoms with Gasteiger partial charge >= 0.3 is 0 Å². The number of hydrogen-bond acceptors (Lipinski definition) is 3. The highest BCUT2D eigenvalue weighted by Gasteiger charge is 2.18. The van der Waals surface area contributed by atoms with E-state index in [1.165, 1.54) is 0 Å². The fourth-order valence-corrected chi connectivity index (χ4v) is 1.77. The van der Waals surface area contributed by atoms with E-state index in [-0.39, 0.29) is 18.0 Å². The Morgan fingerprint density at radius 2 is 2.12 bits per heavy atom. The topological polar surface area (TPSA) is 64.3 Å². The van der Waals surface area contributed by atoms with Gasteiger partial charge in [-0.3, -0.25) is 10.1 Å². The quantitative estimate of drug-likeness (QED) is 0.788. The number of ether oxygens (including phenoxy) is 1. The van der Waals surface area contributed by atoms with Crippen molar-refractivity contribution in [3.8, 4) is 5.75 Å². The van der Waals surface area contributed by atoms with Crippen molar-refractivity contribution < 1.29 is 9.53 Å². The molecular formula is C13H20N2O2. The number of benzene rings is 1. The lowest BCUT2D eigenvalue weighted by Crippen LogP contribution is -2.40. The van der Waals surface area contributed by atoms with Crippen LogP contribution >= 0.6 is 0 Å². The number of hydrogen-bond donors (Lipinski definition) is 2. The summed E-state index contributed by atoms with van der Waals surface area (Å²) >= 11 is 0. The Morgan fingerprint density at radius 3 is 2.65 bits per heavy atom. The minimum Gasteiger partial charge on any atom is -0.496 e. The van der Waals surface area contributed by atoms with Crippen LogP contribution in [0.5, 0.6) is 5.75 Å². The third-order valence-corrected chi connectivity index (χ3v) is 2.80. The molecule has 94 valence electrons. The van der Waals surface area contributed by atoms with Crippen molar-refractivity contribution in [2.45, 2.75) is 32.4 Å². The molecular weight excluding hydrogens is 216 g/mol. The molecule has 0 aliphatic carbocycles. The van der Waals surface area contributed by atoms with Gasteiger partial charge < -0.3 is 10.5 Å². The SMILES string of the molecule is CCC(NC(C)C(N)=O)c1ccccc1OC. The van der Waals surface area contributed by atoms with Crippen molar-refractivity contribution in [3.05, 3.63) is 29.8 Å². The van der Waals surface area contributed by atoms with Crippen LogP contribution in [-0.2, 0) is 4.79 Å². The van der Waals surface area contributed by atoms with Gasteiger partial charge in [-0.2, -0.15) is 0 Å². The van der Waals surface area contributed by atoms with E-state index in [9.17, 15) is 4.79 Å². The Bertz CT molecular complexity index is 379. The first-order valence-electron chi connectivity index (χ1n) is 5.78. The van der Waals surface area contributed by atoms with E-state index < -0.39 is 0 Å². The number of carbonyl (C=O) groups excluding carboxylic acids is 1.